The van der Waals surface area contributed by atoms with E-state index in [0.29, 0.717) is 17.3 Å². The van der Waals surface area contributed by atoms with E-state index >= 15 is 0 Å². The van der Waals surface area contributed by atoms with Gasteiger partial charge >= 0.3 is 0 Å². The molecule has 0 radical (unpaired) electrons. The van der Waals surface area contributed by atoms with E-state index in [0.717, 1.165) is 17.1 Å². The molecule has 1 unspecified atom stereocenters. The van der Waals surface area contributed by atoms with Crippen LogP contribution in [0.4, 0.5) is 0 Å². The summed E-state index contributed by atoms with van der Waals surface area (Å²) in [6, 6.07) is 17.0. The molecule has 138 valence electrons. The molecule has 1 aromatic heterocycles. The molecular formula is C21H21N3O2S. The molecule has 5 nitrogen and oxygen atoms in total. The third-order valence-corrected chi connectivity index (χ3v) is 5.17. The highest BCUT2D eigenvalue weighted by Gasteiger charge is 2.21. The van der Waals surface area contributed by atoms with Crippen molar-refractivity contribution in [2.24, 2.45) is 0 Å². The molecule has 1 atom stereocenters. The van der Waals surface area contributed by atoms with Gasteiger partial charge in [0.1, 0.15) is 5.75 Å². The standard InChI is InChI=1S/C21H21N3O2S/c1-4-14-24-20(17-8-6-5-7-9-17)22-23-21(24)27-15(2)19(25)16-10-12-18(26-3)13-11-16/h4-13,15H,1,14H2,2-3H3. The Labute approximate surface area is 163 Å². The van der Waals surface area contributed by atoms with Crippen LogP contribution >= 0.6 is 11.8 Å². The molecule has 0 aliphatic heterocycles. The molecule has 0 N–H and O–H groups in total. The molecule has 0 bridgehead atoms. The third kappa shape index (κ3) is 4.28. The highest BCUT2D eigenvalue weighted by molar-refractivity contribution is 8.00. The molecule has 0 fully saturated rings. The summed E-state index contributed by atoms with van der Waals surface area (Å²) in [6.07, 6.45) is 1.80. The fourth-order valence-electron chi connectivity index (χ4n) is 2.67. The Morgan fingerprint density at radius 1 is 1.19 bits per heavy atom. The van der Waals surface area contributed by atoms with Gasteiger partial charge in [0.2, 0.25) is 0 Å². The maximum Gasteiger partial charge on any atom is 0.192 e. The SMILES string of the molecule is C=CCn1c(SC(C)C(=O)c2ccc(OC)cc2)nnc1-c1ccccc1. The second-order valence-electron chi connectivity index (χ2n) is 5.92. The van der Waals surface area contributed by atoms with Crippen molar-refractivity contribution in [2.75, 3.05) is 7.11 Å². The molecule has 0 spiro atoms. The summed E-state index contributed by atoms with van der Waals surface area (Å²) in [5.41, 5.74) is 1.63. The Morgan fingerprint density at radius 2 is 1.89 bits per heavy atom. The topological polar surface area (TPSA) is 57.0 Å². The molecule has 6 heteroatoms. The van der Waals surface area contributed by atoms with Crippen LogP contribution in [0, 0.1) is 0 Å². The Hall–Kier alpha value is -2.86. The number of thioether (sulfide) groups is 1. The van der Waals surface area contributed by atoms with Gasteiger partial charge in [0, 0.05) is 17.7 Å². The van der Waals surface area contributed by atoms with Crippen molar-refractivity contribution in [3.63, 3.8) is 0 Å². The van der Waals surface area contributed by atoms with Crippen molar-refractivity contribution < 1.29 is 9.53 Å². The van der Waals surface area contributed by atoms with Crippen LogP contribution in [0.25, 0.3) is 11.4 Å². The minimum absolute atomic E-state index is 0.0390. The van der Waals surface area contributed by atoms with Crippen molar-refractivity contribution in [3.8, 4) is 17.1 Å². The Morgan fingerprint density at radius 3 is 2.52 bits per heavy atom. The molecule has 2 aromatic carbocycles. The number of benzene rings is 2. The van der Waals surface area contributed by atoms with Crippen molar-refractivity contribution in [1.29, 1.82) is 0 Å². The van der Waals surface area contributed by atoms with Crippen molar-refractivity contribution in [2.45, 2.75) is 23.9 Å². The maximum atomic E-state index is 12.8. The van der Waals surface area contributed by atoms with E-state index in [1.54, 1.807) is 37.5 Å². The molecule has 0 aliphatic rings. The Balaban J connectivity index is 1.82. The highest BCUT2D eigenvalue weighted by atomic mass is 32.2. The zero-order valence-electron chi connectivity index (χ0n) is 15.3. The summed E-state index contributed by atoms with van der Waals surface area (Å²) < 4.78 is 7.12. The van der Waals surface area contributed by atoms with Gasteiger partial charge in [-0.15, -0.1) is 16.8 Å². The van der Waals surface area contributed by atoms with Crippen LogP contribution < -0.4 is 4.74 Å². The van der Waals surface area contributed by atoms with Gasteiger partial charge in [0.05, 0.1) is 12.4 Å². The van der Waals surface area contributed by atoms with Crippen molar-refractivity contribution >= 4 is 17.5 Å². The Kier molecular flexibility index (Phi) is 6.08. The average Bonchev–Trinajstić information content (AvgIpc) is 3.10. The number of nitrogens with zero attached hydrogens (tertiary/aromatic N) is 3. The van der Waals surface area contributed by atoms with Crippen LogP contribution in [-0.4, -0.2) is 32.9 Å². The van der Waals surface area contributed by atoms with Gasteiger partial charge in [-0.2, -0.15) is 0 Å². The molecule has 0 saturated heterocycles. The first-order valence-electron chi connectivity index (χ1n) is 8.58. The minimum Gasteiger partial charge on any atom is -0.497 e. The van der Waals surface area contributed by atoms with E-state index in [2.05, 4.69) is 16.8 Å². The molecule has 3 rings (SSSR count). The molecule has 0 aliphatic carbocycles. The van der Waals surface area contributed by atoms with E-state index in [9.17, 15) is 4.79 Å². The van der Waals surface area contributed by atoms with Crippen molar-refractivity contribution in [1.82, 2.24) is 14.8 Å². The fourth-order valence-corrected chi connectivity index (χ4v) is 3.61. The van der Waals surface area contributed by atoms with Gasteiger partial charge in [-0.25, -0.2) is 0 Å². The van der Waals surface area contributed by atoms with Gasteiger partial charge in [-0.05, 0) is 31.2 Å². The van der Waals surface area contributed by atoms with Gasteiger partial charge in [-0.3, -0.25) is 9.36 Å². The lowest BCUT2D eigenvalue weighted by molar-refractivity contribution is 0.0994. The van der Waals surface area contributed by atoms with Crippen LogP contribution in [0.15, 0.2) is 72.4 Å². The first-order chi connectivity index (χ1) is 13.1. The first kappa shape index (κ1) is 18.9. The molecule has 0 saturated carbocycles. The number of carbonyl (C=O) groups is 1. The van der Waals surface area contributed by atoms with Gasteiger partial charge in [0.15, 0.2) is 16.8 Å². The average molecular weight is 379 g/mol. The molecule has 3 aromatic rings. The second kappa shape index (κ2) is 8.68. The van der Waals surface area contributed by atoms with Gasteiger partial charge in [-0.1, -0.05) is 48.2 Å². The summed E-state index contributed by atoms with van der Waals surface area (Å²) in [5.74, 6) is 1.53. The lowest BCUT2D eigenvalue weighted by Crippen LogP contribution is -2.14. The third-order valence-electron chi connectivity index (χ3n) is 4.09. The van der Waals surface area contributed by atoms with Crippen LogP contribution in [0.1, 0.15) is 17.3 Å². The normalized spacial score (nSPS) is 11.8. The van der Waals surface area contributed by atoms with E-state index < -0.39 is 0 Å². The molecule has 0 amide bonds. The second-order valence-corrected chi connectivity index (χ2v) is 7.23. The predicted molar refractivity (Wildman–Crippen MR) is 108 cm³/mol. The zero-order chi connectivity index (χ0) is 19.2. The lowest BCUT2D eigenvalue weighted by Gasteiger charge is -2.12. The first-order valence-corrected chi connectivity index (χ1v) is 9.46. The van der Waals surface area contributed by atoms with E-state index in [-0.39, 0.29) is 11.0 Å². The molecule has 27 heavy (non-hydrogen) atoms. The zero-order valence-corrected chi connectivity index (χ0v) is 16.1. The monoisotopic (exact) mass is 379 g/mol. The lowest BCUT2D eigenvalue weighted by atomic mass is 10.1. The van der Waals surface area contributed by atoms with E-state index in [1.807, 2.05) is 41.8 Å². The van der Waals surface area contributed by atoms with Crippen molar-refractivity contribution in [3.05, 3.63) is 72.8 Å². The largest absolute Gasteiger partial charge is 0.497 e. The summed E-state index contributed by atoms with van der Waals surface area (Å²) in [5, 5.41) is 9.04. The summed E-state index contributed by atoms with van der Waals surface area (Å²) in [7, 11) is 1.60. The summed E-state index contributed by atoms with van der Waals surface area (Å²) >= 11 is 1.40. The Bertz CT molecular complexity index is 920. The van der Waals surface area contributed by atoms with Crippen LogP contribution in [0.2, 0.25) is 0 Å². The summed E-state index contributed by atoms with van der Waals surface area (Å²) in [4.78, 5) is 12.8. The van der Waals surface area contributed by atoms with Gasteiger partial charge in [0.25, 0.3) is 0 Å². The summed E-state index contributed by atoms with van der Waals surface area (Å²) in [6.45, 7) is 6.28. The maximum absolute atomic E-state index is 12.8. The smallest absolute Gasteiger partial charge is 0.192 e. The van der Waals surface area contributed by atoms with Crippen LogP contribution in [-0.2, 0) is 6.54 Å². The van der Waals surface area contributed by atoms with Crippen LogP contribution in [0.5, 0.6) is 5.75 Å². The number of ether oxygens (including phenoxy) is 1. The quantitative estimate of drug-likeness (QED) is 0.328. The number of carbonyl (C=O) groups excluding carboxylic acids is 1. The highest BCUT2D eigenvalue weighted by Crippen LogP contribution is 2.28. The number of methoxy groups -OCH3 is 1. The minimum atomic E-state index is -0.296. The number of ketones is 1. The number of Topliss-reactive ketones (excluding diaryl/α,β-unsaturated/α-hetero) is 1. The number of rotatable bonds is 8. The fraction of sp³-hybridized carbons (Fsp3) is 0.190. The predicted octanol–water partition coefficient (Wildman–Crippen LogP) is 4.50. The van der Waals surface area contributed by atoms with E-state index in [4.69, 9.17) is 4.74 Å². The van der Waals surface area contributed by atoms with Gasteiger partial charge < -0.3 is 4.74 Å². The number of aromatic nitrogens is 3. The molecule has 1 heterocycles. The number of allylic oxidation sites excluding steroid dienone is 1. The molecular weight excluding hydrogens is 358 g/mol. The number of hydrogen-bond acceptors (Lipinski definition) is 5. The van der Waals surface area contributed by atoms with E-state index in [1.165, 1.54) is 11.8 Å². The number of hydrogen-bond donors (Lipinski definition) is 0. The van der Waals surface area contributed by atoms with Crippen LogP contribution in [0.3, 0.4) is 0 Å².